The van der Waals surface area contributed by atoms with Crippen LogP contribution in [-0.4, -0.2) is 27.2 Å². The van der Waals surface area contributed by atoms with Crippen LogP contribution in [0, 0.1) is 0 Å². The quantitative estimate of drug-likeness (QED) is 0.736. The number of carbonyl (C=O) groups is 1. The van der Waals surface area contributed by atoms with Crippen molar-refractivity contribution in [3.63, 3.8) is 0 Å². The molecule has 4 rings (SSSR count). The number of thiazole rings is 1. The maximum atomic E-state index is 12.1. The molecule has 0 aliphatic carbocycles. The van der Waals surface area contributed by atoms with E-state index in [4.69, 9.17) is 0 Å². The van der Waals surface area contributed by atoms with E-state index in [9.17, 15) is 4.79 Å². The highest BCUT2D eigenvalue weighted by atomic mass is 32.1. The fourth-order valence-corrected chi connectivity index (χ4v) is 4.00. The minimum Gasteiger partial charge on any atom is -0.350 e. The van der Waals surface area contributed by atoms with E-state index in [1.807, 2.05) is 22.9 Å². The zero-order valence-electron chi connectivity index (χ0n) is 14.0. The van der Waals surface area contributed by atoms with Gasteiger partial charge in [0.2, 0.25) is 5.91 Å². The van der Waals surface area contributed by atoms with Crippen LogP contribution in [0.25, 0.3) is 10.2 Å². The largest absolute Gasteiger partial charge is 0.350 e. The summed E-state index contributed by atoms with van der Waals surface area (Å²) < 4.78 is 3.22. The predicted octanol–water partition coefficient (Wildman–Crippen LogP) is 2.24. The van der Waals surface area contributed by atoms with E-state index in [1.54, 1.807) is 11.3 Å². The number of benzene rings is 1. The second-order valence-corrected chi connectivity index (χ2v) is 7.35. The Morgan fingerprint density at radius 3 is 3.20 bits per heavy atom. The SMILES string of the molecule is O=C(CCc1nc2ccccc2s1)NCc1cc2n(n1)CCCNC2. The van der Waals surface area contributed by atoms with Crippen molar-refractivity contribution >= 4 is 27.5 Å². The molecule has 2 aromatic heterocycles. The first-order chi connectivity index (χ1) is 12.3. The normalized spacial score (nSPS) is 14.2. The molecule has 7 heteroatoms. The first-order valence-corrected chi connectivity index (χ1v) is 9.47. The summed E-state index contributed by atoms with van der Waals surface area (Å²) in [5, 5.41) is 11.9. The molecule has 0 spiro atoms. The molecule has 6 nitrogen and oxygen atoms in total. The van der Waals surface area contributed by atoms with Crippen LogP contribution < -0.4 is 10.6 Å². The van der Waals surface area contributed by atoms with E-state index < -0.39 is 0 Å². The number of nitrogens with one attached hydrogen (secondary N) is 2. The number of fused-ring (bicyclic) bond motifs is 2. The summed E-state index contributed by atoms with van der Waals surface area (Å²) >= 11 is 1.66. The molecule has 130 valence electrons. The van der Waals surface area contributed by atoms with E-state index in [0.29, 0.717) is 19.4 Å². The molecule has 0 radical (unpaired) electrons. The summed E-state index contributed by atoms with van der Waals surface area (Å²) in [5.74, 6) is 0.0422. The number of amides is 1. The molecule has 0 saturated carbocycles. The number of hydrogen-bond acceptors (Lipinski definition) is 5. The van der Waals surface area contributed by atoms with Crippen molar-refractivity contribution < 1.29 is 4.79 Å². The fraction of sp³-hybridized carbons (Fsp3) is 0.389. The number of para-hydroxylation sites is 1. The van der Waals surface area contributed by atoms with Crippen LogP contribution in [0.1, 0.15) is 29.2 Å². The molecule has 1 aliphatic rings. The summed E-state index contributed by atoms with van der Waals surface area (Å²) in [4.78, 5) is 16.7. The number of hydrogen-bond donors (Lipinski definition) is 2. The third-order valence-corrected chi connectivity index (χ3v) is 5.41. The standard InChI is InChI=1S/C18H21N5OS/c24-17(6-7-18-21-15-4-1-2-5-16(15)25-18)20-11-13-10-14-12-19-8-3-9-23(14)22-13/h1-2,4-5,10,19H,3,6-9,11-12H2,(H,20,24). The van der Waals surface area contributed by atoms with Crippen LogP contribution in [0.15, 0.2) is 30.3 Å². The van der Waals surface area contributed by atoms with Crippen LogP contribution >= 0.6 is 11.3 Å². The van der Waals surface area contributed by atoms with Crippen LogP contribution in [-0.2, 0) is 30.8 Å². The second kappa shape index (κ2) is 7.33. The van der Waals surface area contributed by atoms with Gasteiger partial charge in [-0.1, -0.05) is 12.1 Å². The Labute approximate surface area is 150 Å². The van der Waals surface area contributed by atoms with Crippen molar-refractivity contribution in [2.45, 2.75) is 38.9 Å². The first-order valence-electron chi connectivity index (χ1n) is 8.65. The average molecular weight is 355 g/mol. The Morgan fingerprint density at radius 2 is 2.28 bits per heavy atom. The monoisotopic (exact) mass is 355 g/mol. The van der Waals surface area contributed by atoms with Gasteiger partial charge in [-0.15, -0.1) is 11.3 Å². The van der Waals surface area contributed by atoms with Crippen LogP contribution in [0.5, 0.6) is 0 Å². The third kappa shape index (κ3) is 3.88. The van der Waals surface area contributed by atoms with Gasteiger partial charge >= 0.3 is 0 Å². The molecule has 3 aromatic rings. The van der Waals surface area contributed by atoms with Gasteiger partial charge in [0, 0.05) is 25.9 Å². The van der Waals surface area contributed by atoms with Gasteiger partial charge in [-0.05, 0) is 31.2 Å². The maximum absolute atomic E-state index is 12.1. The van der Waals surface area contributed by atoms with Gasteiger partial charge < -0.3 is 10.6 Å². The summed E-state index contributed by atoms with van der Waals surface area (Å²) in [6, 6.07) is 10.1. The van der Waals surface area contributed by atoms with Crippen molar-refractivity contribution in [2.24, 2.45) is 0 Å². The molecule has 25 heavy (non-hydrogen) atoms. The second-order valence-electron chi connectivity index (χ2n) is 6.23. The van der Waals surface area contributed by atoms with Gasteiger partial charge in [-0.2, -0.15) is 5.10 Å². The first kappa shape index (κ1) is 16.2. The van der Waals surface area contributed by atoms with Gasteiger partial charge in [0.05, 0.1) is 33.2 Å². The Hall–Kier alpha value is -2.25. The van der Waals surface area contributed by atoms with Crippen LogP contribution in [0.2, 0.25) is 0 Å². The van der Waals surface area contributed by atoms with Gasteiger partial charge in [0.1, 0.15) is 0 Å². The molecule has 1 aromatic carbocycles. The average Bonchev–Trinajstić information content (AvgIpc) is 3.15. The molecule has 0 saturated heterocycles. The number of aryl methyl sites for hydroxylation is 2. The zero-order valence-corrected chi connectivity index (χ0v) is 14.8. The van der Waals surface area contributed by atoms with Crippen molar-refractivity contribution in [2.75, 3.05) is 6.54 Å². The van der Waals surface area contributed by atoms with E-state index >= 15 is 0 Å². The minimum atomic E-state index is 0.0422. The highest BCUT2D eigenvalue weighted by Crippen LogP contribution is 2.22. The maximum Gasteiger partial charge on any atom is 0.220 e. The van der Waals surface area contributed by atoms with Crippen LogP contribution in [0.4, 0.5) is 0 Å². The van der Waals surface area contributed by atoms with E-state index in [2.05, 4.69) is 32.8 Å². The molecule has 2 N–H and O–H groups in total. The third-order valence-electron chi connectivity index (χ3n) is 4.31. The molecular formula is C18H21N5OS. The molecule has 0 fully saturated rings. The van der Waals surface area contributed by atoms with Crippen molar-refractivity contribution in [1.29, 1.82) is 0 Å². The molecular weight excluding hydrogens is 334 g/mol. The summed E-state index contributed by atoms with van der Waals surface area (Å²) in [5.41, 5.74) is 3.12. The lowest BCUT2D eigenvalue weighted by atomic mass is 10.3. The highest BCUT2D eigenvalue weighted by Gasteiger charge is 2.12. The van der Waals surface area contributed by atoms with E-state index in [-0.39, 0.29) is 5.91 Å². The highest BCUT2D eigenvalue weighted by molar-refractivity contribution is 7.18. The van der Waals surface area contributed by atoms with Crippen LogP contribution in [0.3, 0.4) is 0 Å². The summed E-state index contributed by atoms with van der Waals surface area (Å²) in [6.07, 6.45) is 2.21. The topological polar surface area (TPSA) is 71.8 Å². The minimum absolute atomic E-state index is 0.0422. The number of nitrogens with zero attached hydrogens (tertiary/aromatic N) is 3. The number of carbonyl (C=O) groups excluding carboxylic acids is 1. The molecule has 0 atom stereocenters. The lowest BCUT2D eigenvalue weighted by Gasteiger charge is -2.02. The molecule has 1 aliphatic heterocycles. The van der Waals surface area contributed by atoms with E-state index in [1.165, 1.54) is 10.4 Å². The number of aromatic nitrogens is 3. The predicted molar refractivity (Wildman–Crippen MR) is 98.3 cm³/mol. The van der Waals surface area contributed by atoms with E-state index in [0.717, 1.165) is 42.3 Å². The van der Waals surface area contributed by atoms with Crippen molar-refractivity contribution in [1.82, 2.24) is 25.4 Å². The smallest absolute Gasteiger partial charge is 0.220 e. The molecule has 3 heterocycles. The summed E-state index contributed by atoms with van der Waals surface area (Å²) in [7, 11) is 0. The van der Waals surface area contributed by atoms with Crippen molar-refractivity contribution in [3.05, 3.63) is 46.7 Å². The van der Waals surface area contributed by atoms with Gasteiger partial charge in [-0.3, -0.25) is 9.48 Å². The lowest BCUT2D eigenvalue weighted by molar-refractivity contribution is -0.121. The lowest BCUT2D eigenvalue weighted by Crippen LogP contribution is -2.23. The Kier molecular flexibility index (Phi) is 4.76. The summed E-state index contributed by atoms with van der Waals surface area (Å²) in [6.45, 7) is 3.30. The Morgan fingerprint density at radius 1 is 1.36 bits per heavy atom. The Bertz CT molecular complexity index is 828. The molecule has 0 unspecified atom stereocenters. The fourth-order valence-electron chi connectivity index (χ4n) is 3.03. The van der Waals surface area contributed by atoms with Crippen molar-refractivity contribution in [3.8, 4) is 0 Å². The zero-order chi connectivity index (χ0) is 17.1. The molecule has 1 amide bonds. The molecule has 0 bridgehead atoms. The van der Waals surface area contributed by atoms with Gasteiger partial charge in [-0.25, -0.2) is 4.98 Å². The Balaban J connectivity index is 1.29. The van der Waals surface area contributed by atoms with Gasteiger partial charge in [0.25, 0.3) is 0 Å². The van der Waals surface area contributed by atoms with Gasteiger partial charge in [0.15, 0.2) is 0 Å². The number of rotatable bonds is 5.